The molecule has 0 aliphatic heterocycles. The lowest BCUT2D eigenvalue weighted by Gasteiger charge is -2.04. The molecule has 2 rings (SSSR count). The van der Waals surface area contributed by atoms with E-state index < -0.39 is 11.8 Å². The van der Waals surface area contributed by atoms with Gasteiger partial charge >= 0.3 is 5.97 Å². The van der Waals surface area contributed by atoms with Crippen molar-refractivity contribution in [3.8, 4) is 5.75 Å². The molecule has 19 heavy (non-hydrogen) atoms. The van der Waals surface area contributed by atoms with Crippen LogP contribution in [-0.4, -0.2) is 17.6 Å². The number of para-hydroxylation sites is 1. The molecule has 1 aromatic carbocycles. The van der Waals surface area contributed by atoms with Crippen LogP contribution in [0.5, 0.6) is 5.75 Å². The zero-order valence-electron chi connectivity index (χ0n) is 10.3. The largest absolute Gasteiger partial charge is 0.483 e. The first-order valence-electron chi connectivity index (χ1n) is 5.69. The molecule has 0 radical (unpaired) electrons. The molecule has 0 bridgehead atoms. The monoisotopic (exact) mass is 281 g/mol. The highest BCUT2D eigenvalue weighted by Crippen LogP contribution is 2.18. The highest BCUT2D eigenvalue weighted by molar-refractivity contribution is 7.09. The minimum atomic E-state index is -0.462. The lowest BCUT2D eigenvalue weighted by Crippen LogP contribution is -2.05. The molecule has 0 aliphatic carbocycles. The number of thiazole rings is 1. The Morgan fingerprint density at radius 3 is 2.95 bits per heavy atom. The third-order valence-electron chi connectivity index (χ3n) is 2.22. The molecule has 0 saturated carbocycles. The maximum absolute atomic E-state index is 13.3. The van der Waals surface area contributed by atoms with E-state index in [1.807, 2.05) is 0 Å². The molecule has 0 fully saturated rings. The number of benzene rings is 1. The Labute approximate surface area is 113 Å². The van der Waals surface area contributed by atoms with Crippen molar-refractivity contribution in [3.63, 3.8) is 0 Å². The molecule has 0 amide bonds. The average molecular weight is 281 g/mol. The number of ether oxygens (including phenoxy) is 2. The molecule has 0 spiro atoms. The SMILES string of the molecule is CCOC(=O)c1csc(COc2ccccc2F)n1. The van der Waals surface area contributed by atoms with Gasteiger partial charge in [0.1, 0.15) is 11.6 Å². The van der Waals surface area contributed by atoms with Crippen molar-refractivity contribution in [2.24, 2.45) is 0 Å². The molecular formula is C13H12FNO3S. The second kappa shape index (κ2) is 6.29. The van der Waals surface area contributed by atoms with E-state index in [4.69, 9.17) is 9.47 Å². The molecule has 100 valence electrons. The molecule has 1 aromatic heterocycles. The van der Waals surface area contributed by atoms with Gasteiger partial charge in [0.05, 0.1) is 6.61 Å². The Hall–Kier alpha value is -1.95. The van der Waals surface area contributed by atoms with Crippen LogP contribution in [0.3, 0.4) is 0 Å². The number of halogens is 1. The predicted molar refractivity (Wildman–Crippen MR) is 68.8 cm³/mol. The fraction of sp³-hybridized carbons (Fsp3) is 0.231. The summed E-state index contributed by atoms with van der Waals surface area (Å²) in [6.07, 6.45) is 0. The summed E-state index contributed by atoms with van der Waals surface area (Å²) in [5.41, 5.74) is 0.249. The van der Waals surface area contributed by atoms with Gasteiger partial charge in [0, 0.05) is 5.38 Å². The highest BCUT2D eigenvalue weighted by atomic mass is 32.1. The molecule has 0 atom stereocenters. The third-order valence-corrected chi connectivity index (χ3v) is 3.05. The topological polar surface area (TPSA) is 48.4 Å². The van der Waals surface area contributed by atoms with Crippen molar-refractivity contribution in [3.05, 3.63) is 46.2 Å². The molecule has 1 heterocycles. The number of esters is 1. The van der Waals surface area contributed by atoms with Crippen molar-refractivity contribution in [1.82, 2.24) is 4.98 Å². The zero-order chi connectivity index (χ0) is 13.7. The number of aromatic nitrogens is 1. The van der Waals surface area contributed by atoms with Crippen LogP contribution in [0.25, 0.3) is 0 Å². The van der Waals surface area contributed by atoms with Crippen LogP contribution in [0.1, 0.15) is 22.4 Å². The average Bonchev–Trinajstić information content (AvgIpc) is 2.87. The number of hydrogen-bond acceptors (Lipinski definition) is 5. The van der Waals surface area contributed by atoms with E-state index in [2.05, 4.69) is 4.98 Å². The van der Waals surface area contributed by atoms with Crippen LogP contribution in [0.2, 0.25) is 0 Å². The number of nitrogens with zero attached hydrogens (tertiary/aromatic N) is 1. The third kappa shape index (κ3) is 3.51. The maximum Gasteiger partial charge on any atom is 0.357 e. The first-order valence-corrected chi connectivity index (χ1v) is 6.57. The van der Waals surface area contributed by atoms with E-state index in [-0.39, 0.29) is 18.1 Å². The Kier molecular flexibility index (Phi) is 4.46. The molecule has 0 saturated heterocycles. The van der Waals surface area contributed by atoms with E-state index in [0.29, 0.717) is 11.6 Å². The lowest BCUT2D eigenvalue weighted by atomic mass is 10.3. The fourth-order valence-electron chi connectivity index (χ4n) is 1.38. The summed E-state index contributed by atoms with van der Waals surface area (Å²) in [6, 6.07) is 6.13. The summed E-state index contributed by atoms with van der Waals surface area (Å²) in [7, 11) is 0. The van der Waals surface area contributed by atoms with Gasteiger partial charge < -0.3 is 9.47 Å². The molecular weight excluding hydrogens is 269 g/mol. The molecule has 6 heteroatoms. The van der Waals surface area contributed by atoms with Gasteiger partial charge in [-0.05, 0) is 19.1 Å². The van der Waals surface area contributed by atoms with Gasteiger partial charge in [-0.1, -0.05) is 12.1 Å². The molecule has 0 N–H and O–H groups in total. The minimum Gasteiger partial charge on any atom is -0.483 e. The Bertz CT molecular complexity index is 571. The summed E-state index contributed by atoms with van der Waals surface area (Å²) in [5.74, 6) is -0.726. The number of carbonyl (C=O) groups is 1. The minimum absolute atomic E-state index is 0.116. The van der Waals surface area contributed by atoms with Gasteiger partial charge in [-0.2, -0.15) is 0 Å². The predicted octanol–water partition coefficient (Wildman–Crippen LogP) is 3.04. The van der Waals surface area contributed by atoms with Crippen molar-refractivity contribution >= 4 is 17.3 Å². The lowest BCUT2D eigenvalue weighted by molar-refractivity contribution is 0.0520. The summed E-state index contributed by atoms with van der Waals surface area (Å²) >= 11 is 1.27. The van der Waals surface area contributed by atoms with E-state index in [1.165, 1.54) is 23.5 Å². The van der Waals surface area contributed by atoms with Gasteiger partial charge in [-0.25, -0.2) is 14.2 Å². The van der Waals surface area contributed by atoms with Crippen LogP contribution < -0.4 is 4.74 Å². The normalized spacial score (nSPS) is 10.2. The number of carbonyl (C=O) groups excluding carboxylic acids is 1. The van der Waals surface area contributed by atoms with Gasteiger partial charge in [0.15, 0.2) is 17.3 Å². The van der Waals surface area contributed by atoms with Crippen LogP contribution >= 0.6 is 11.3 Å². The summed E-state index contributed by atoms with van der Waals surface area (Å²) in [5, 5.41) is 2.18. The second-order valence-corrected chi connectivity index (χ2v) is 4.51. The standard InChI is InChI=1S/C13H12FNO3S/c1-2-17-13(16)10-8-19-12(15-10)7-18-11-6-4-3-5-9(11)14/h3-6,8H,2,7H2,1H3. The van der Waals surface area contributed by atoms with Gasteiger partial charge in [0.2, 0.25) is 0 Å². The van der Waals surface area contributed by atoms with E-state index in [0.717, 1.165) is 0 Å². The van der Waals surface area contributed by atoms with Crippen LogP contribution in [0, 0.1) is 5.82 Å². The fourth-order valence-corrected chi connectivity index (χ4v) is 2.05. The Morgan fingerprint density at radius 2 is 2.21 bits per heavy atom. The van der Waals surface area contributed by atoms with Gasteiger partial charge in [-0.15, -0.1) is 11.3 Å². The van der Waals surface area contributed by atoms with E-state index in [1.54, 1.807) is 24.4 Å². The molecule has 2 aromatic rings. The first kappa shape index (κ1) is 13.5. The van der Waals surface area contributed by atoms with Crippen molar-refractivity contribution in [1.29, 1.82) is 0 Å². The van der Waals surface area contributed by atoms with Crippen molar-refractivity contribution in [2.45, 2.75) is 13.5 Å². The molecule has 4 nitrogen and oxygen atoms in total. The smallest absolute Gasteiger partial charge is 0.357 e. The van der Waals surface area contributed by atoms with Crippen molar-refractivity contribution in [2.75, 3.05) is 6.61 Å². The number of hydrogen-bond donors (Lipinski definition) is 0. The quantitative estimate of drug-likeness (QED) is 0.790. The second-order valence-electron chi connectivity index (χ2n) is 3.57. The maximum atomic E-state index is 13.3. The molecule has 0 unspecified atom stereocenters. The van der Waals surface area contributed by atoms with E-state index >= 15 is 0 Å². The van der Waals surface area contributed by atoms with E-state index in [9.17, 15) is 9.18 Å². The number of rotatable bonds is 5. The first-order chi connectivity index (χ1) is 9.20. The van der Waals surface area contributed by atoms with Crippen LogP contribution in [0.15, 0.2) is 29.6 Å². The summed E-state index contributed by atoms with van der Waals surface area (Å²) in [4.78, 5) is 15.5. The molecule has 0 aliphatic rings. The zero-order valence-corrected chi connectivity index (χ0v) is 11.1. The highest BCUT2D eigenvalue weighted by Gasteiger charge is 2.12. The van der Waals surface area contributed by atoms with Gasteiger partial charge in [0.25, 0.3) is 0 Å². The van der Waals surface area contributed by atoms with Crippen LogP contribution in [-0.2, 0) is 11.3 Å². The Balaban J connectivity index is 1.97. The van der Waals surface area contributed by atoms with Crippen LogP contribution in [0.4, 0.5) is 4.39 Å². The Morgan fingerprint density at radius 1 is 1.42 bits per heavy atom. The van der Waals surface area contributed by atoms with Gasteiger partial charge in [-0.3, -0.25) is 0 Å². The summed E-state index contributed by atoms with van der Waals surface area (Å²) in [6.45, 7) is 2.15. The van der Waals surface area contributed by atoms with Crippen molar-refractivity contribution < 1.29 is 18.7 Å². The summed E-state index contributed by atoms with van der Waals surface area (Å²) < 4.78 is 23.4.